The molecule has 128 valence electrons. The van der Waals surface area contributed by atoms with Crippen molar-refractivity contribution in [2.75, 3.05) is 26.8 Å². The van der Waals surface area contributed by atoms with Crippen LogP contribution in [0.25, 0.3) is 0 Å². The van der Waals surface area contributed by atoms with Gasteiger partial charge >= 0.3 is 5.97 Å². The van der Waals surface area contributed by atoms with Crippen molar-refractivity contribution in [2.24, 2.45) is 11.8 Å². The summed E-state index contributed by atoms with van der Waals surface area (Å²) in [4.78, 5) is 14.5. The van der Waals surface area contributed by atoms with Crippen LogP contribution in [0.1, 0.15) is 38.2 Å². The number of likely N-dealkylation sites (N-methyl/N-ethyl adjacent to an activating group) is 1. The first-order valence-corrected chi connectivity index (χ1v) is 8.61. The lowest BCUT2D eigenvalue weighted by atomic mass is 10.0. The molecule has 1 aliphatic carbocycles. The Bertz CT molecular complexity index is 491. The average molecular weight is 319 g/mol. The van der Waals surface area contributed by atoms with Crippen LogP contribution in [0.4, 0.5) is 0 Å². The molecule has 4 nitrogen and oxygen atoms in total. The molecule has 0 saturated heterocycles. The molecule has 2 unspecified atom stereocenters. The molecule has 1 N–H and O–H groups in total. The maximum atomic E-state index is 12.2. The summed E-state index contributed by atoms with van der Waals surface area (Å²) in [5.41, 5.74) is 0.798. The van der Waals surface area contributed by atoms with E-state index in [4.69, 9.17) is 4.74 Å². The topological polar surface area (TPSA) is 49.8 Å². The fourth-order valence-electron chi connectivity index (χ4n) is 3.39. The molecule has 23 heavy (non-hydrogen) atoms. The van der Waals surface area contributed by atoms with Crippen LogP contribution in [0.5, 0.6) is 0 Å². The van der Waals surface area contributed by atoms with E-state index in [1.54, 1.807) is 0 Å². The van der Waals surface area contributed by atoms with E-state index in [1.807, 2.05) is 30.3 Å². The Morgan fingerprint density at radius 3 is 2.57 bits per heavy atom. The lowest BCUT2D eigenvalue weighted by Crippen LogP contribution is -2.36. The van der Waals surface area contributed by atoms with E-state index in [9.17, 15) is 9.90 Å². The number of carbonyl (C=O) groups is 1. The summed E-state index contributed by atoms with van der Waals surface area (Å²) in [6.45, 7) is 5.40. The number of ether oxygens (including phenoxy) is 1. The number of aliphatic hydroxyl groups excluding tert-OH is 1. The third-order valence-corrected chi connectivity index (χ3v) is 5.01. The van der Waals surface area contributed by atoms with Crippen LogP contribution in [0.2, 0.25) is 0 Å². The zero-order valence-electron chi connectivity index (χ0n) is 14.4. The zero-order chi connectivity index (χ0) is 16.8. The van der Waals surface area contributed by atoms with Crippen LogP contribution >= 0.6 is 0 Å². The predicted molar refractivity (Wildman–Crippen MR) is 91.2 cm³/mol. The third-order valence-electron chi connectivity index (χ3n) is 5.01. The highest BCUT2D eigenvalue weighted by Crippen LogP contribution is 2.43. The fraction of sp³-hybridized carbons (Fsp3) is 0.632. The minimum atomic E-state index is -0.591. The van der Waals surface area contributed by atoms with Gasteiger partial charge in [-0.25, -0.2) is 0 Å². The molecule has 0 aromatic heterocycles. The number of aliphatic hydroxyl groups is 1. The minimum Gasteiger partial charge on any atom is -0.464 e. The Morgan fingerprint density at radius 2 is 2.04 bits per heavy atom. The van der Waals surface area contributed by atoms with Gasteiger partial charge in [0.05, 0.1) is 6.61 Å². The number of benzene rings is 1. The Balaban J connectivity index is 1.79. The second-order valence-corrected chi connectivity index (χ2v) is 6.65. The first-order chi connectivity index (χ1) is 11.1. The van der Waals surface area contributed by atoms with Gasteiger partial charge in [-0.1, -0.05) is 44.2 Å². The molecule has 1 fully saturated rings. The van der Waals surface area contributed by atoms with Gasteiger partial charge in [0, 0.05) is 12.6 Å². The number of esters is 1. The van der Waals surface area contributed by atoms with E-state index in [0.29, 0.717) is 12.6 Å². The van der Waals surface area contributed by atoms with Crippen molar-refractivity contribution < 1.29 is 14.6 Å². The zero-order valence-corrected chi connectivity index (χ0v) is 14.4. The molecule has 0 amide bonds. The van der Waals surface area contributed by atoms with Gasteiger partial charge < -0.3 is 9.84 Å². The summed E-state index contributed by atoms with van der Waals surface area (Å²) in [6, 6.07) is 9.88. The number of hydrogen-bond donors (Lipinski definition) is 1. The van der Waals surface area contributed by atoms with E-state index in [0.717, 1.165) is 30.4 Å². The number of carbonyl (C=O) groups excluding carboxylic acids is 1. The summed E-state index contributed by atoms with van der Waals surface area (Å²) in [5, 5.41) is 9.48. The summed E-state index contributed by atoms with van der Waals surface area (Å²) >= 11 is 0. The van der Waals surface area contributed by atoms with Crippen molar-refractivity contribution in [3.63, 3.8) is 0 Å². The van der Waals surface area contributed by atoms with Crippen LogP contribution in [0.15, 0.2) is 30.3 Å². The molecule has 4 heteroatoms. The van der Waals surface area contributed by atoms with Gasteiger partial charge in [0.1, 0.15) is 12.5 Å². The maximum absolute atomic E-state index is 12.2. The molecule has 1 aromatic rings. The Morgan fingerprint density at radius 1 is 1.39 bits per heavy atom. The molecular weight excluding hydrogens is 290 g/mol. The van der Waals surface area contributed by atoms with Crippen molar-refractivity contribution in [3.8, 4) is 0 Å². The van der Waals surface area contributed by atoms with Gasteiger partial charge in [-0.15, -0.1) is 0 Å². The monoisotopic (exact) mass is 319 g/mol. The van der Waals surface area contributed by atoms with Gasteiger partial charge in [0.2, 0.25) is 0 Å². The number of nitrogens with zero attached hydrogens (tertiary/aromatic N) is 1. The van der Waals surface area contributed by atoms with E-state index in [1.165, 1.54) is 6.42 Å². The molecule has 0 spiro atoms. The van der Waals surface area contributed by atoms with Crippen LogP contribution in [-0.4, -0.2) is 48.8 Å². The van der Waals surface area contributed by atoms with Gasteiger partial charge in [-0.05, 0) is 37.3 Å². The van der Waals surface area contributed by atoms with Crippen molar-refractivity contribution in [2.45, 2.75) is 38.6 Å². The molecule has 0 radical (unpaired) electrons. The lowest BCUT2D eigenvalue weighted by Gasteiger charge is -2.27. The first kappa shape index (κ1) is 18.0. The van der Waals surface area contributed by atoms with Crippen molar-refractivity contribution >= 4 is 5.97 Å². The minimum absolute atomic E-state index is 0.226. The molecule has 1 saturated carbocycles. The summed E-state index contributed by atoms with van der Waals surface area (Å²) in [6.07, 6.45) is 2.44. The summed E-state index contributed by atoms with van der Waals surface area (Å²) < 4.78 is 5.40. The largest absolute Gasteiger partial charge is 0.464 e. The molecule has 1 aliphatic rings. The van der Waals surface area contributed by atoms with Gasteiger partial charge in [-0.3, -0.25) is 9.69 Å². The molecule has 0 aliphatic heterocycles. The van der Waals surface area contributed by atoms with Crippen LogP contribution < -0.4 is 0 Å². The Kier molecular flexibility index (Phi) is 6.60. The molecule has 0 heterocycles. The highest BCUT2D eigenvalue weighted by atomic mass is 16.5. The number of rotatable bonds is 9. The fourth-order valence-corrected chi connectivity index (χ4v) is 3.39. The standard InChI is InChI=1S/C19H29NO3/c1-4-18(16-12-14(16)2)20(3)10-11-23-19(22)17(13-21)15-8-6-5-7-9-15/h5-9,14,16-18,21H,4,10-13H2,1-3H3/t14?,16-,17+,18?/m0/s1. The van der Waals surface area contributed by atoms with E-state index >= 15 is 0 Å². The van der Waals surface area contributed by atoms with Gasteiger partial charge in [0.25, 0.3) is 0 Å². The van der Waals surface area contributed by atoms with Gasteiger partial charge in [0.15, 0.2) is 0 Å². The van der Waals surface area contributed by atoms with Crippen LogP contribution in [0, 0.1) is 11.8 Å². The smallest absolute Gasteiger partial charge is 0.315 e. The second-order valence-electron chi connectivity index (χ2n) is 6.65. The van der Waals surface area contributed by atoms with Crippen molar-refractivity contribution in [1.29, 1.82) is 0 Å². The van der Waals surface area contributed by atoms with Crippen LogP contribution in [0.3, 0.4) is 0 Å². The molecule has 2 rings (SSSR count). The highest BCUT2D eigenvalue weighted by Gasteiger charge is 2.40. The average Bonchev–Trinajstić information content (AvgIpc) is 3.26. The van der Waals surface area contributed by atoms with Crippen LogP contribution in [-0.2, 0) is 9.53 Å². The Labute approximate surface area is 139 Å². The van der Waals surface area contributed by atoms with Crippen molar-refractivity contribution in [1.82, 2.24) is 4.90 Å². The Hall–Kier alpha value is -1.39. The molecular formula is C19H29NO3. The highest BCUT2D eigenvalue weighted by molar-refractivity contribution is 5.78. The molecule has 4 atom stereocenters. The first-order valence-electron chi connectivity index (χ1n) is 8.61. The molecule has 1 aromatic carbocycles. The SMILES string of the molecule is CCC([C@H]1CC1C)N(C)CCOC(=O)[C@H](CO)c1ccccc1. The maximum Gasteiger partial charge on any atom is 0.315 e. The third kappa shape index (κ3) is 4.79. The summed E-state index contributed by atoms with van der Waals surface area (Å²) in [5.74, 6) is 0.670. The van der Waals surface area contributed by atoms with E-state index in [2.05, 4.69) is 25.8 Å². The van der Waals surface area contributed by atoms with E-state index in [-0.39, 0.29) is 12.6 Å². The van der Waals surface area contributed by atoms with Crippen molar-refractivity contribution in [3.05, 3.63) is 35.9 Å². The van der Waals surface area contributed by atoms with Gasteiger partial charge in [-0.2, -0.15) is 0 Å². The number of hydrogen-bond acceptors (Lipinski definition) is 4. The predicted octanol–water partition coefficient (Wildman–Crippen LogP) is 2.67. The van der Waals surface area contributed by atoms with E-state index < -0.39 is 5.92 Å². The summed E-state index contributed by atoms with van der Waals surface area (Å²) in [7, 11) is 2.10. The quantitative estimate of drug-likeness (QED) is 0.711. The second kappa shape index (κ2) is 8.46. The molecule has 0 bridgehead atoms. The lowest BCUT2D eigenvalue weighted by molar-refractivity contribution is -0.147. The normalized spacial score (nSPS) is 22.7.